The van der Waals surface area contributed by atoms with Crippen LogP contribution < -0.4 is 0 Å². The summed E-state index contributed by atoms with van der Waals surface area (Å²) in [5, 5.41) is 19.5. The van der Waals surface area contributed by atoms with Crippen LogP contribution in [0, 0.1) is 22.7 Å². The Balaban J connectivity index is 2.49. The van der Waals surface area contributed by atoms with Crippen molar-refractivity contribution in [2.75, 3.05) is 11.5 Å². The summed E-state index contributed by atoms with van der Waals surface area (Å²) in [7, 11) is 0. The second-order valence-electron chi connectivity index (χ2n) is 4.95. The van der Waals surface area contributed by atoms with E-state index in [9.17, 15) is 10.4 Å². The van der Waals surface area contributed by atoms with Crippen molar-refractivity contribution in [3.05, 3.63) is 0 Å². The summed E-state index contributed by atoms with van der Waals surface area (Å²) in [6.07, 6.45) is 4.27. The van der Waals surface area contributed by atoms with Crippen LogP contribution in [0.1, 0.15) is 46.0 Å². The summed E-state index contributed by atoms with van der Waals surface area (Å²) in [6.45, 7) is 4.36. The lowest BCUT2D eigenvalue weighted by molar-refractivity contribution is 0.0263. The molecule has 1 fully saturated rings. The van der Waals surface area contributed by atoms with Gasteiger partial charge >= 0.3 is 0 Å². The van der Waals surface area contributed by atoms with Crippen molar-refractivity contribution < 1.29 is 5.11 Å². The van der Waals surface area contributed by atoms with Crippen LogP contribution in [0.5, 0.6) is 0 Å². The number of aliphatic hydroxyl groups excluding tert-OH is 1. The molecule has 1 unspecified atom stereocenters. The molecule has 16 heavy (non-hydrogen) atoms. The van der Waals surface area contributed by atoms with Gasteiger partial charge in [-0.25, -0.2) is 0 Å². The van der Waals surface area contributed by atoms with E-state index in [0.29, 0.717) is 0 Å². The molecule has 0 aromatic rings. The zero-order valence-electron chi connectivity index (χ0n) is 10.4. The standard InChI is InChI=1S/C13H23NOS/c1-3-16-9-6-12(15)13(10-14)7-4-11(2)5-8-13/h11-12,15H,3-9H2,1-2H3. The summed E-state index contributed by atoms with van der Waals surface area (Å²) in [5.74, 6) is 2.78. The molecular weight excluding hydrogens is 218 g/mol. The first-order chi connectivity index (χ1) is 7.64. The Kier molecular flexibility index (Phi) is 5.64. The van der Waals surface area contributed by atoms with E-state index in [0.717, 1.165) is 49.5 Å². The zero-order valence-corrected chi connectivity index (χ0v) is 11.2. The summed E-state index contributed by atoms with van der Waals surface area (Å²) in [5.41, 5.74) is -0.444. The third-order valence-electron chi connectivity index (χ3n) is 3.77. The van der Waals surface area contributed by atoms with Crippen molar-refractivity contribution in [2.24, 2.45) is 11.3 Å². The zero-order chi connectivity index (χ0) is 12.0. The SMILES string of the molecule is CCSCCC(O)C1(C#N)CCC(C)CC1. The van der Waals surface area contributed by atoms with E-state index in [1.165, 1.54) is 0 Å². The van der Waals surface area contributed by atoms with Crippen LogP contribution in [0.25, 0.3) is 0 Å². The molecule has 1 rings (SSSR count). The van der Waals surface area contributed by atoms with Crippen molar-refractivity contribution in [3.8, 4) is 6.07 Å². The van der Waals surface area contributed by atoms with Gasteiger partial charge in [-0.2, -0.15) is 17.0 Å². The van der Waals surface area contributed by atoms with Gasteiger partial charge in [0.15, 0.2) is 0 Å². The van der Waals surface area contributed by atoms with E-state index in [-0.39, 0.29) is 0 Å². The molecule has 1 aliphatic carbocycles. The van der Waals surface area contributed by atoms with E-state index in [4.69, 9.17) is 0 Å². The highest BCUT2D eigenvalue weighted by Crippen LogP contribution is 2.42. The number of hydrogen-bond donors (Lipinski definition) is 1. The van der Waals surface area contributed by atoms with Gasteiger partial charge in [-0.3, -0.25) is 0 Å². The first-order valence-electron chi connectivity index (χ1n) is 6.31. The smallest absolute Gasteiger partial charge is 0.0832 e. The van der Waals surface area contributed by atoms with Gasteiger partial charge in [0, 0.05) is 0 Å². The average molecular weight is 241 g/mol. The molecule has 0 aliphatic heterocycles. The molecule has 2 nitrogen and oxygen atoms in total. The fourth-order valence-corrected chi connectivity index (χ4v) is 3.09. The first-order valence-corrected chi connectivity index (χ1v) is 7.47. The van der Waals surface area contributed by atoms with Gasteiger partial charge in [0.1, 0.15) is 0 Å². The average Bonchev–Trinajstić information content (AvgIpc) is 2.31. The van der Waals surface area contributed by atoms with Gasteiger partial charge in [-0.1, -0.05) is 13.8 Å². The minimum atomic E-state index is -0.444. The molecule has 0 amide bonds. The molecule has 0 bridgehead atoms. The van der Waals surface area contributed by atoms with Gasteiger partial charge in [-0.15, -0.1) is 0 Å². The van der Waals surface area contributed by atoms with E-state index in [1.54, 1.807) is 0 Å². The summed E-state index contributed by atoms with van der Waals surface area (Å²) >= 11 is 1.84. The third kappa shape index (κ3) is 3.40. The molecule has 1 saturated carbocycles. The van der Waals surface area contributed by atoms with Crippen LogP contribution in [0.4, 0.5) is 0 Å². The molecule has 0 saturated heterocycles. The largest absolute Gasteiger partial charge is 0.391 e. The molecule has 3 heteroatoms. The Hall–Kier alpha value is -0.200. The normalized spacial score (nSPS) is 32.0. The first kappa shape index (κ1) is 13.9. The monoisotopic (exact) mass is 241 g/mol. The van der Waals surface area contributed by atoms with Crippen LogP contribution in [-0.4, -0.2) is 22.7 Å². The van der Waals surface area contributed by atoms with Gasteiger partial charge in [-0.05, 0) is 49.5 Å². The Morgan fingerprint density at radius 2 is 2.12 bits per heavy atom. The molecule has 0 spiro atoms. The van der Waals surface area contributed by atoms with E-state index in [2.05, 4.69) is 19.9 Å². The Labute approximate surface area is 103 Å². The van der Waals surface area contributed by atoms with Crippen LogP contribution in [0.15, 0.2) is 0 Å². The van der Waals surface area contributed by atoms with Gasteiger partial charge in [0.05, 0.1) is 17.6 Å². The molecule has 0 aromatic carbocycles. The predicted octanol–water partition coefficient (Wildman–Crippen LogP) is 3.21. The summed E-state index contributed by atoms with van der Waals surface area (Å²) in [4.78, 5) is 0. The van der Waals surface area contributed by atoms with E-state index >= 15 is 0 Å². The highest BCUT2D eigenvalue weighted by atomic mass is 32.2. The topological polar surface area (TPSA) is 44.0 Å². The molecule has 92 valence electrons. The second-order valence-corrected chi connectivity index (χ2v) is 6.35. The molecule has 0 aromatic heterocycles. The number of rotatable bonds is 5. The number of nitrogens with zero attached hydrogens (tertiary/aromatic N) is 1. The fraction of sp³-hybridized carbons (Fsp3) is 0.923. The van der Waals surface area contributed by atoms with Crippen molar-refractivity contribution >= 4 is 11.8 Å². The Morgan fingerprint density at radius 3 is 2.62 bits per heavy atom. The third-order valence-corrected chi connectivity index (χ3v) is 4.70. The van der Waals surface area contributed by atoms with Gasteiger partial charge < -0.3 is 5.11 Å². The second kappa shape index (κ2) is 6.51. The minimum Gasteiger partial charge on any atom is -0.391 e. The summed E-state index contributed by atoms with van der Waals surface area (Å²) in [6, 6.07) is 2.41. The molecule has 1 aliphatic rings. The Morgan fingerprint density at radius 1 is 1.50 bits per heavy atom. The van der Waals surface area contributed by atoms with E-state index < -0.39 is 11.5 Å². The molecular formula is C13H23NOS. The lowest BCUT2D eigenvalue weighted by Gasteiger charge is -2.37. The number of thioether (sulfide) groups is 1. The van der Waals surface area contributed by atoms with Crippen molar-refractivity contribution in [1.29, 1.82) is 5.26 Å². The van der Waals surface area contributed by atoms with Gasteiger partial charge in [0.2, 0.25) is 0 Å². The predicted molar refractivity (Wildman–Crippen MR) is 69.3 cm³/mol. The van der Waals surface area contributed by atoms with Crippen LogP contribution >= 0.6 is 11.8 Å². The van der Waals surface area contributed by atoms with Crippen LogP contribution in [0.2, 0.25) is 0 Å². The number of aliphatic hydroxyl groups is 1. The van der Waals surface area contributed by atoms with E-state index in [1.807, 2.05) is 11.8 Å². The Bertz CT molecular complexity index is 241. The highest BCUT2D eigenvalue weighted by molar-refractivity contribution is 7.99. The van der Waals surface area contributed by atoms with Crippen LogP contribution in [0.3, 0.4) is 0 Å². The number of hydrogen-bond acceptors (Lipinski definition) is 3. The fourth-order valence-electron chi connectivity index (χ4n) is 2.41. The number of nitriles is 1. The van der Waals surface area contributed by atoms with Crippen LogP contribution in [-0.2, 0) is 0 Å². The maximum absolute atomic E-state index is 10.2. The molecule has 0 radical (unpaired) electrons. The molecule has 0 heterocycles. The maximum Gasteiger partial charge on any atom is 0.0832 e. The molecule has 1 atom stereocenters. The van der Waals surface area contributed by atoms with Crippen molar-refractivity contribution in [1.82, 2.24) is 0 Å². The van der Waals surface area contributed by atoms with Gasteiger partial charge in [0.25, 0.3) is 0 Å². The summed E-state index contributed by atoms with van der Waals surface area (Å²) < 4.78 is 0. The molecule has 1 N–H and O–H groups in total. The lowest BCUT2D eigenvalue weighted by Crippen LogP contribution is -2.37. The quantitative estimate of drug-likeness (QED) is 0.752. The minimum absolute atomic E-state index is 0.427. The highest BCUT2D eigenvalue weighted by Gasteiger charge is 2.40. The maximum atomic E-state index is 10.2. The van der Waals surface area contributed by atoms with Crippen molar-refractivity contribution in [3.63, 3.8) is 0 Å². The lowest BCUT2D eigenvalue weighted by atomic mass is 9.68. The van der Waals surface area contributed by atoms with Crippen molar-refractivity contribution in [2.45, 2.75) is 52.1 Å².